The number of nitrogens with zero attached hydrogens (tertiary/aromatic N) is 2. The molecule has 66 valence electrons. The first-order chi connectivity index (χ1) is 5.07. The molecule has 0 N–H and O–H groups in total. The quantitative estimate of drug-likeness (QED) is 0.405. The molecule has 1 atom stereocenters. The van der Waals surface area contributed by atoms with Gasteiger partial charge in [0.05, 0.1) is 0 Å². The lowest BCUT2D eigenvalue weighted by molar-refractivity contribution is -0.142. The molecule has 0 radical (unpaired) electrons. The van der Waals surface area contributed by atoms with E-state index in [1.807, 2.05) is 38.0 Å². The average molecular weight is 160 g/mol. The summed E-state index contributed by atoms with van der Waals surface area (Å²) in [4.78, 5) is 13.9. The number of likely N-dealkylation sites (N-methyl/N-ethyl adjacent to an activating group) is 2. The SMILES string of the molecule is CN(C)CC(OC=O)N(C)C. The van der Waals surface area contributed by atoms with Crippen LogP contribution in [0.5, 0.6) is 0 Å². The topological polar surface area (TPSA) is 32.8 Å². The normalized spacial score (nSPS) is 13.6. The van der Waals surface area contributed by atoms with Gasteiger partial charge in [-0.15, -0.1) is 0 Å². The van der Waals surface area contributed by atoms with Crippen LogP contribution in [0.2, 0.25) is 0 Å². The van der Waals surface area contributed by atoms with Crippen LogP contribution in [0.15, 0.2) is 0 Å². The lowest BCUT2D eigenvalue weighted by atomic mass is 10.5. The Morgan fingerprint density at radius 3 is 2.18 bits per heavy atom. The monoisotopic (exact) mass is 160 g/mol. The Labute approximate surface area is 67.7 Å². The Balaban J connectivity index is 3.78. The van der Waals surface area contributed by atoms with Gasteiger partial charge >= 0.3 is 0 Å². The number of hydrogen-bond donors (Lipinski definition) is 0. The molecule has 0 saturated heterocycles. The molecule has 0 aliphatic rings. The van der Waals surface area contributed by atoms with Crippen molar-refractivity contribution in [1.82, 2.24) is 9.80 Å². The molecule has 0 bridgehead atoms. The summed E-state index contributed by atoms with van der Waals surface area (Å²) in [6, 6.07) is 0. The molecular formula is C7H16N2O2. The minimum absolute atomic E-state index is 0.150. The smallest absolute Gasteiger partial charge is 0.294 e. The molecule has 0 aromatic heterocycles. The van der Waals surface area contributed by atoms with E-state index in [1.165, 1.54) is 0 Å². The van der Waals surface area contributed by atoms with E-state index >= 15 is 0 Å². The van der Waals surface area contributed by atoms with Crippen molar-refractivity contribution < 1.29 is 9.53 Å². The molecule has 1 unspecified atom stereocenters. The molecular weight excluding hydrogens is 144 g/mol. The molecule has 0 rings (SSSR count). The number of carbonyl (C=O) groups excluding carboxylic acids is 1. The van der Waals surface area contributed by atoms with Gasteiger partial charge in [-0.1, -0.05) is 0 Å². The van der Waals surface area contributed by atoms with Gasteiger partial charge < -0.3 is 9.64 Å². The highest BCUT2D eigenvalue weighted by Crippen LogP contribution is 1.94. The van der Waals surface area contributed by atoms with Crippen molar-refractivity contribution in [2.24, 2.45) is 0 Å². The predicted octanol–water partition coefficient (Wildman–Crippen LogP) is -0.391. The number of hydrogen-bond acceptors (Lipinski definition) is 4. The molecule has 4 nitrogen and oxygen atoms in total. The maximum absolute atomic E-state index is 10.0. The summed E-state index contributed by atoms with van der Waals surface area (Å²) in [5.41, 5.74) is 0. The number of rotatable bonds is 5. The van der Waals surface area contributed by atoms with Crippen LogP contribution in [0.3, 0.4) is 0 Å². The van der Waals surface area contributed by atoms with E-state index in [0.717, 1.165) is 0 Å². The van der Waals surface area contributed by atoms with Crippen LogP contribution < -0.4 is 0 Å². The fraction of sp³-hybridized carbons (Fsp3) is 0.857. The summed E-state index contributed by atoms with van der Waals surface area (Å²) < 4.78 is 4.82. The maximum atomic E-state index is 10.0. The van der Waals surface area contributed by atoms with Crippen LogP contribution in [-0.4, -0.2) is 57.2 Å². The van der Waals surface area contributed by atoms with Gasteiger partial charge in [-0.25, -0.2) is 0 Å². The van der Waals surface area contributed by atoms with E-state index in [1.54, 1.807) is 0 Å². The molecule has 0 spiro atoms. The Morgan fingerprint density at radius 2 is 1.91 bits per heavy atom. The Kier molecular flexibility index (Phi) is 4.81. The Hall–Kier alpha value is -0.610. The summed E-state index contributed by atoms with van der Waals surface area (Å²) in [6.07, 6.45) is -0.150. The van der Waals surface area contributed by atoms with Crippen LogP contribution in [0.25, 0.3) is 0 Å². The van der Waals surface area contributed by atoms with Gasteiger partial charge in [-0.3, -0.25) is 9.69 Å². The van der Waals surface area contributed by atoms with Crippen molar-refractivity contribution in [3.63, 3.8) is 0 Å². The van der Waals surface area contributed by atoms with Crippen molar-refractivity contribution in [3.8, 4) is 0 Å². The van der Waals surface area contributed by atoms with E-state index in [2.05, 4.69) is 0 Å². The van der Waals surface area contributed by atoms with Crippen LogP contribution in [-0.2, 0) is 9.53 Å². The summed E-state index contributed by atoms with van der Waals surface area (Å²) in [7, 11) is 7.62. The van der Waals surface area contributed by atoms with Gasteiger partial charge in [-0.2, -0.15) is 0 Å². The van der Waals surface area contributed by atoms with Gasteiger partial charge in [0.1, 0.15) is 0 Å². The zero-order valence-electron chi connectivity index (χ0n) is 7.57. The van der Waals surface area contributed by atoms with Crippen molar-refractivity contribution in [2.75, 3.05) is 34.7 Å². The first-order valence-electron chi connectivity index (χ1n) is 3.48. The van der Waals surface area contributed by atoms with E-state index in [-0.39, 0.29) is 6.23 Å². The highest BCUT2D eigenvalue weighted by atomic mass is 16.5. The summed E-state index contributed by atoms with van der Waals surface area (Å²) in [6.45, 7) is 1.19. The van der Waals surface area contributed by atoms with Gasteiger partial charge in [-0.05, 0) is 28.2 Å². The van der Waals surface area contributed by atoms with Crippen molar-refractivity contribution in [2.45, 2.75) is 6.23 Å². The van der Waals surface area contributed by atoms with E-state index in [0.29, 0.717) is 13.0 Å². The predicted molar refractivity (Wildman–Crippen MR) is 43.2 cm³/mol. The van der Waals surface area contributed by atoms with Crippen molar-refractivity contribution >= 4 is 6.47 Å². The number of carbonyl (C=O) groups is 1. The van der Waals surface area contributed by atoms with Crippen molar-refractivity contribution in [3.05, 3.63) is 0 Å². The Morgan fingerprint density at radius 1 is 1.36 bits per heavy atom. The average Bonchev–Trinajstić information content (AvgIpc) is 1.86. The zero-order chi connectivity index (χ0) is 8.85. The molecule has 0 aliphatic heterocycles. The zero-order valence-corrected chi connectivity index (χ0v) is 7.57. The van der Waals surface area contributed by atoms with Gasteiger partial charge in [0.15, 0.2) is 6.23 Å². The second kappa shape index (κ2) is 5.09. The van der Waals surface area contributed by atoms with E-state index in [9.17, 15) is 4.79 Å². The fourth-order valence-corrected chi connectivity index (χ4v) is 0.705. The summed E-state index contributed by atoms with van der Waals surface area (Å²) >= 11 is 0. The summed E-state index contributed by atoms with van der Waals surface area (Å²) in [5.74, 6) is 0. The first-order valence-corrected chi connectivity index (χ1v) is 3.48. The first kappa shape index (κ1) is 10.4. The van der Waals surface area contributed by atoms with Crippen molar-refractivity contribution in [1.29, 1.82) is 0 Å². The molecule has 0 saturated carbocycles. The van der Waals surface area contributed by atoms with Gasteiger partial charge in [0, 0.05) is 6.54 Å². The lowest BCUT2D eigenvalue weighted by Gasteiger charge is -2.24. The highest BCUT2D eigenvalue weighted by Gasteiger charge is 2.11. The molecule has 0 aromatic rings. The van der Waals surface area contributed by atoms with Crippen LogP contribution >= 0.6 is 0 Å². The van der Waals surface area contributed by atoms with Crippen LogP contribution in [0.1, 0.15) is 0 Å². The van der Waals surface area contributed by atoms with E-state index in [4.69, 9.17) is 4.74 Å². The largest absolute Gasteiger partial charge is 0.447 e. The standard InChI is InChI=1S/C7H16N2O2/c1-8(2)5-7(9(3)4)11-6-10/h6-7H,5H2,1-4H3. The van der Waals surface area contributed by atoms with Gasteiger partial charge in [0.2, 0.25) is 0 Å². The third kappa shape index (κ3) is 4.75. The summed E-state index contributed by atoms with van der Waals surface area (Å²) in [5, 5.41) is 0. The molecule has 11 heavy (non-hydrogen) atoms. The molecule has 0 aliphatic carbocycles. The molecule has 0 heterocycles. The minimum Gasteiger partial charge on any atom is -0.447 e. The van der Waals surface area contributed by atoms with Crippen LogP contribution in [0.4, 0.5) is 0 Å². The van der Waals surface area contributed by atoms with Gasteiger partial charge in [0.25, 0.3) is 6.47 Å². The molecule has 0 amide bonds. The lowest BCUT2D eigenvalue weighted by Crippen LogP contribution is -2.39. The highest BCUT2D eigenvalue weighted by molar-refractivity contribution is 5.37. The third-order valence-corrected chi connectivity index (χ3v) is 1.31. The second-order valence-electron chi connectivity index (χ2n) is 2.91. The third-order valence-electron chi connectivity index (χ3n) is 1.31. The minimum atomic E-state index is -0.150. The van der Waals surface area contributed by atoms with Crippen LogP contribution in [0, 0.1) is 0 Å². The maximum Gasteiger partial charge on any atom is 0.294 e. The molecule has 0 fully saturated rings. The second-order valence-corrected chi connectivity index (χ2v) is 2.91. The fourth-order valence-electron chi connectivity index (χ4n) is 0.705. The molecule has 4 heteroatoms. The number of ether oxygens (including phenoxy) is 1. The van der Waals surface area contributed by atoms with E-state index < -0.39 is 0 Å². The molecule has 0 aromatic carbocycles. The Bertz CT molecular complexity index is 115.